The van der Waals surface area contributed by atoms with Gasteiger partial charge in [-0.1, -0.05) is 37.5 Å². The molecule has 40 heavy (non-hydrogen) atoms. The van der Waals surface area contributed by atoms with Gasteiger partial charge in [-0.3, -0.25) is 4.98 Å². The Bertz CT molecular complexity index is 1570. The number of rotatable bonds is 9. The Morgan fingerprint density at radius 1 is 1.15 bits per heavy atom. The molecule has 3 heterocycles. The number of anilines is 1. The van der Waals surface area contributed by atoms with E-state index >= 15 is 0 Å². The Morgan fingerprint density at radius 3 is 2.52 bits per heavy atom. The molecule has 0 spiro atoms. The molecule has 0 unspecified atom stereocenters. The molecule has 3 aromatic heterocycles. The SMILES string of the molecule is C/C=C(\C)c1ccnc(-c2nc3nc(C(=O)O)nc(NCCC4CCC4)c3n2Cc2ccc(C(F)(F)F)cc2)c1. The van der Waals surface area contributed by atoms with Gasteiger partial charge in [0.2, 0.25) is 5.82 Å². The minimum Gasteiger partial charge on any atom is -0.475 e. The quantitative estimate of drug-likeness (QED) is 0.239. The van der Waals surface area contributed by atoms with Crippen molar-refractivity contribution < 1.29 is 23.1 Å². The van der Waals surface area contributed by atoms with Crippen molar-refractivity contribution in [3.63, 3.8) is 0 Å². The molecule has 1 aliphatic rings. The number of alkyl halides is 3. The topological polar surface area (TPSA) is 106 Å². The molecular weight excluding hydrogens is 521 g/mol. The van der Waals surface area contributed by atoms with Crippen molar-refractivity contribution in [2.75, 3.05) is 11.9 Å². The number of aromatic nitrogens is 5. The summed E-state index contributed by atoms with van der Waals surface area (Å²) >= 11 is 0. The minimum absolute atomic E-state index is 0.144. The number of halogens is 3. The van der Waals surface area contributed by atoms with Crippen LogP contribution in [-0.2, 0) is 12.7 Å². The lowest BCUT2D eigenvalue weighted by Crippen LogP contribution is -2.17. The first-order valence-corrected chi connectivity index (χ1v) is 13.2. The Labute approximate surface area is 229 Å². The van der Waals surface area contributed by atoms with Crippen molar-refractivity contribution in [3.05, 3.63) is 71.2 Å². The lowest BCUT2D eigenvalue weighted by Gasteiger charge is -2.25. The summed E-state index contributed by atoms with van der Waals surface area (Å²) in [4.78, 5) is 29.6. The summed E-state index contributed by atoms with van der Waals surface area (Å²) in [5.41, 5.74) is 2.95. The number of imidazole rings is 1. The number of nitrogens with zero attached hydrogens (tertiary/aromatic N) is 5. The number of fused-ring (bicyclic) bond motifs is 1. The largest absolute Gasteiger partial charge is 0.475 e. The van der Waals surface area contributed by atoms with Crippen molar-refractivity contribution in [1.82, 2.24) is 24.5 Å². The van der Waals surface area contributed by atoms with Crippen LogP contribution in [0.4, 0.5) is 19.0 Å². The predicted octanol–water partition coefficient (Wildman–Crippen LogP) is 6.68. The normalized spacial score (nSPS) is 14.4. The van der Waals surface area contributed by atoms with Gasteiger partial charge >= 0.3 is 12.1 Å². The van der Waals surface area contributed by atoms with E-state index in [1.807, 2.05) is 32.1 Å². The fraction of sp³-hybridized carbons (Fsp3) is 0.345. The standard InChI is InChI=1S/C29H29F3N6O2/c1-3-17(2)20-12-14-33-22(15-20)27-37-25-23(38(27)16-19-7-9-21(10-8-19)29(30,31)32)24(35-26(36-25)28(39)40)34-13-11-18-5-4-6-18/h3,7-10,12,14-15,18H,4-6,11,13,16H2,1-2H3,(H,39,40)(H,34,35,36)/b17-3+. The van der Waals surface area contributed by atoms with Gasteiger partial charge in [0.05, 0.1) is 5.56 Å². The van der Waals surface area contributed by atoms with E-state index in [9.17, 15) is 23.1 Å². The molecule has 4 aromatic rings. The van der Waals surface area contributed by atoms with E-state index in [0.717, 1.165) is 29.7 Å². The second-order valence-corrected chi connectivity index (χ2v) is 10.0. The summed E-state index contributed by atoms with van der Waals surface area (Å²) < 4.78 is 41.3. The average molecular weight is 551 g/mol. The van der Waals surface area contributed by atoms with Gasteiger partial charge in [0, 0.05) is 19.3 Å². The third kappa shape index (κ3) is 5.68. The fourth-order valence-electron chi connectivity index (χ4n) is 4.73. The highest BCUT2D eigenvalue weighted by molar-refractivity contribution is 5.92. The average Bonchev–Trinajstić information content (AvgIpc) is 3.27. The predicted molar refractivity (Wildman–Crippen MR) is 146 cm³/mol. The molecule has 1 saturated carbocycles. The lowest BCUT2D eigenvalue weighted by molar-refractivity contribution is -0.137. The van der Waals surface area contributed by atoms with E-state index in [1.54, 1.807) is 10.8 Å². The van der Waals surface area contributed by atoms with Crippen LogP contribution < -0.4 is 5.32 Å². The number of pyridine rings is 1. The number of aromatic carboxylic acids is 1. The number of hydrogen-bond acceptors (Lipinski definition) is 6. The molecule has 1 fully saturated rings. The van der Waals surface area contributed by atoms with Crippen LogP contribution in [-0.4, -0.2) is 42.1 Å². The van der Waals surface area contributed by atoms with Crippen molar-refractivity contribution in [2.24, 2.45) is 5.92 Å². The van der Waals surface area contributed by atoms with Crippen molar-refractivity contribution >= 4 is 28.5 Å². The van der Waals surface area contributed by atoms with Crippen LogP contribution in [0.3, 0.4) is 0 Å². The molecule has 0 atom stereocenters. The maximum absolute atomic E-state index is 13.2. The smallest absolute Gasteiger partial charge is 0.416 e. The van der Waals surface area contributed by atoms with Gasteiger partial charge in [-0.05, 0) is 67.2 Å². The summed E-state index contributed by atoms with van der Waals surface area (Å²) in [6.45, 7) is 4.63. The third-order valence-corrected chi connectivity index (χ3v) is 7.36. The number of benzene rings is 1. The van der Waals surface area contributed by atoms with E-state index in [1.165, 1.54) is 31.4 Å². The summed E-state index contributed by atoms with van der Waals surface area (Å²) in [5, 5.41) is 13.0. The highest BCUT2D eigenvalue weighted by atomic mass is 19.4. The Morgan fingerprint density at radius 2 is 1.90 bits per heavy atom. The van der Waals surface area contributed by atoms with Gasteiger partial charge in [0.15, 0.2) is 17.3 Å². The van der Waals surface area contributed by atoms with Gasteiger partial charge in [0.25, 0.3) is 0 Å². The third-order valence-electron chi connectivity index (χ3n) is 7.36. The molecule has 0 bridgehead atoms. The van der Waals surface area contributed by atoms with Crippen LogP contribution in [0.15, 0.2) is 48.7 Å². The zero-order valence-corrected chi connectivity index (χ0v) is 22.2. The molecule has 11 heteroatoms. The number of nitrogens with one attached hydrogen (secondary N) is 1. The number of carboxylic acids is 1. The van der Waals surface area contributed by atoms with E-state index in [4.69, 9.17) is 0 Å². The van der Waals surface area contributed by atoms with Gasteiger partial charge in [-0.25, -0.2) is 19.7 Å². The minimum atomic E-state index is -4.45. The second-order valence-electron chi connectivity index (χ2n) is 10.0. The molecule has 0 aliphatic heterocycles. The molecule has 0 radical (unpaired) electrons. The first kappa shape index (κ1) is 27.3. The van der Waals surface area contributed by atoms with Crippen molar-refractivity contribution in [1.29, 1.82) is 0 Å². The Kier molecular flexibility index (Phi) is 7.55. The highest BCUT2D eigenvalue weighted by Crippen LogP contribution is 2.33. The Hall–Kier alpha value is -4.28. The van der Waals surface area contributed by atoms with Crippen LogP contribution >= 0.6 is 0 Å². The van der Waals surface area contributed by atoms with E-state index in [-0.39, 0.29) is 12.2 Å². The molecule has 5 rings (SSSR count). The van der Waals surface area contributed by atoms with Gasteiger partial charge in [-0.15, -0.1) is 0 Å². The Balaban J connectivity index is 1.65. The zero-order chi connectivity index (χ0) is 28.4. The summed E-state index contributed by atoms with van der Waals surface area (Å²) in [7, 11) is 0. The van der Waals surface area contributed by atoms with Gasteiger partial charge in [-0.2, -0.15) is 13.2 Å². The van der Waals surface area contributed by atoms with E-state index in [0.29, 0.717) is 40.9 Å². The van der Waals surface area contributed by atoms with Crippen molar-refractivity contribution in [3.8, 4) is 11.5 Å². The van der Waals surface area contributed by atoms with Crippen LogP contribution in [0.2, 0.25) is 0 Å². The molecule has 8 nitrogen and oxygen atoms in total. The van der Waals surface area contributed by atoms with Crippen molar-refractivity contribution in [2.45, 2.75) is 52.3 Å². The second kappa shape index (κ2) is 11.1. The maximum atomic E-state index is 13.2. The van der Waals surface area contributed by atoms with Gasteiger partial charge < -0.3 is 15.0 Å². The van der Waals surface area contributed by atoms with Crippen LogP contribution in [0, 0.1) is 5.92 Å². The van der Waals surface area contributed by atoms with E-state index in [2.05, 4.69) is 25.3 Å². The number of hydrogen-bond donors (Lipinski definition) is 2. The van der Waals surface area contributed by atoms with E-state index < -0.39 is 23.5 Å². The molecule has 2 N–H and O–H groups in total. The molecule has 1 aromatic carbocycles. The molecule has 0 saturated heterocycles. The number of carbonyl (C=O) groups is 1. The monoisotopic (exact) mass is 550 g/mol. The first-order chi connectivity index (χ1) is 19.1. The summed E-state index contributed by atoms with van der Waals surface area (Å²) in [6.07, 6.45) is 3.66. The molecule has 208 valence electrons. The summed E-state index contributed by atoms with van der Waals surface area (Å²) in [6, 6.07) is 8.66. The summed E-state index contributed by atoms with van der Waals surface area (Å²) in [5.74, 6) is -0.339. The lowest BCUT2D eigenvalue weighted by atomic mass is 9.83. The molecular formula is C29H29F3N6O2. The van der Waals surface area contributed by atoms with Crippen LogP contribution in [0.25, 0.3) is 28.3 Å². The zero-order valence-electron chi connectivity index (χ0n) is 22.2. The van der Waals surface area contributed by atoms with Crippen LogP contribution in [0.5, 0.6) is 0 Å². The highest BCUT2D eigenvalue weighted by Gasteiger charge is 2.30. The number of allylic oxidation sites excluding steroid dienone is 2. The number of carboxylic acid groups (broad SMARTS) is 1. The molecule has 0 amide bonds. The fourth-order valence-corrected chi connectivity index (χ4v) is 4.73. The van der Waals surface area contributed by atoms with Crippen LogP contribution in [0.1, 0.15) is 66.8 Å². The molecule has 1 aliphatic carbocycles. The van der Waals surface area contributed by atoms with Gasteiger partial charge in [0.1, 0.15) is 11.2 Å². The maximum Gasteiger partial charge on any atom is 0.416 e. The first-order valence-electron chi connectivity index (χ1n) is 13.2.